The van der Waals surface area contributed by atoms with Crippen molar-refractivity contribution in [3.63, 3.8) is 0 Å². The van der Waals surface area contributed by atoms with Gasteiger partial charge in [-0.15, -0.1) is 0 Å². The number of nitrogens with zero attached hydrogens (tertiary/aromatic N) is 2. The van der Waals surface area contributed by atoms with Crippen LogP contribution in [0.2, 0.25) is 5.02 Å². The molecule has 7 nitrogen and oxygen atoms in total. The maximum absolute atomic E-state index is 13.1. The first-order valence-corrected chi connectivity index (χ1v) is 13.2. The van der Waals surface area contributed by atoms with E-state index in [4.69, 9.17) is 16.3 Å². The van der Waals surface area contributed by atoms with Crippen LogP contribution in [0.15, 0.2) is 53.4 Å². The Hall–Kier alpha value is -2.13. The van der Waals surface area contributed by atoms with Crippen molar-refractivity contribution in [3.05, 3.63) is 59.1 Å². The number of nitrogens with one attached hydrogen (secondary N) is 1. The van der Waals surface area contributed by atoms with Crippen molar-refractivity contribution in [1.29, 1.82) is 0 Å². The highest BCUT2D eigenvalue weighted by Gasteiger charge is 2.25. The summed E-state index contributed by atoms with van der Waals surface area (Å²) in [7, 11) is -3.84. The van der Waals surface area contributed by atoms with Gasteiger partial charge in [-0.1, -0.05) is 23.7 Å². The third kappa shape index (κ3) is 6.47. The van der Waals surface area contributed by atoms with Crippen LogP contribution in [0, 0.1) is 5.92 Å². The number of anilines is 1. The van der Waals surface area contributed by atoms with Gasteiger partial charge in [0.25, 0.3) is 15.9 Å². The van der Waals surface area contributed by atoms with Crippen LogP contribution in [0.25, 0.3) is 0 Å². The highest BCUT2D eigenvalue weighted by atomic mass is 35.5. The minimum absolute atomic E-state index is 0.0497. The molecule has 0 saturated carbocycles. The molecular formula is C24H30ClN3O4S. The molecule has 1 amide bonds. The normalized spacial score (nSPS) is 18.3. The molecule has 33 heavy (non-hydrogen) atoms. The quantitative estimate of drug-likeness (QED) is 0.638. The molecule has 0 radical (unpaired) electrons. The Morgan fingerprint density at radius 1 is 1.03 bits per heavy atom. The van der Waals surface area contributed by atoms with Crippen LogP contribution >= 0.6 is 11.6 Å². The number of benzene rings is 2. The van der Waals surface area contributed by atoms with E-state index in [0.29, 0.717) is 35.3 Å². The number of carbonyl (C=O) groups excluding carboxylic acids is 1. The van der Waals surface area contributed by atoms with E-state index < -0.39 is 10.0 Å². The first-order valence-electron chi connectivity index (χ1n) is 11.4. The topological polar surface area (TPSA) is 79.0 Å². The fourth-order valence-electron chi connectivity index (χ4n) is 4.36. The Morgan fingerprint density at radius 2 is 1.76 bits per heavy atom. The van der Waals surface area contributed by atoms with E-state index in [1.807, 2.05) is 4.90 Å². The molecule has 0 atom stereocenters. The second-order valence-electron chi connectivity index (χ2n) is 8.62. The largest absolute Gasteiger partial charge is 0.379 e. The van der Waals surface area contributed by atoms with Gasteiger partial charge in [0.15, 0.2) is 0 Å². The summed E-state index contributed by atoms with van der Waals surface area (Å²) in [5.74, 6) is 0.493. The maximum atomic E-state index is 13.1. The van der Waals surface area contributed by atoms with Crippen LogP contribution in [-0.2, 0) is 14.8 Å². The zero-order chi connectivity index (χ0) is 23.3. The van der Waals surface area contributed by atoms with Crippen LogP contribution in [0.4, 0.5) is 5.69 Å². The summed E-state index contributed by atoms with van der Waals surface area (Å²) < 4.78 is 33.6. The molecule has 2 saturated heterocycles. The Morgan fingerprint density at radius 3 is 2.48 bits per heavy atom. The summed E-state index contributed by atoms with van der Waals surface area (Å²) in [6, 6.07) is 12.7. The fraction of sp³-hybridized carbons (Fsp3) is 0.458. The number of carbonyl (C=O) groups is 1. The van der Waals surface area contributed by atoms with Crippen molar-refractivity contribution in [2.45, 2.75) is 24.2 Å². The number of hydrogen-bond acceptors (Lipinski definition) is 5. The first kappa shape index (κ1) is 24.0. The molecule has 2 aromatic carbocycles. The highest BCUT2D eigenvalue weighted by molar-refractivity contribution is 7.92. The van der Waals surface area contributed by atoms with Crippen LogP contribution in [0.1, 0.15) is 29.6 Å². The number of halogens is 1. The maximum Gasteiger partial charge on any atom is 0.261 e. The number of amides is 1. The summed E-state index contributed by atoms with van der Waals surface area (Å²) in [4.78, 5) is 17.4. The smallest absolute Gasteiger partial charge is 0.261 e. The molecule has 2 aliphatic heterocycles. The van der Waals surface area contributed by atoms with Crippen molar-refractivity contribution < 1.29 is 17.9 Å². The average molecular weight is 492 g/mol. The third-order valence-electron chi connectivity index (χ3n) is 6.33. The minimum Gasteiger partial charge on any atom is -0.379 e. The van der Waals surface area contributed by atoms with Gasteiger partial charge in [0.05, 0.1) is 23.8 Å². The van der Waals surface area contributed by atoms with Crippen LogP contribution in [-0.4, -0.2) is 70.1 Å². The molecule has 0 aromatic heterocycles. The number of hydrogen-bond donors (Lipinski definition) is 1. The molecule has 2 aliphatic rings. The van der Waals surface area contributed by atoms with E-state index in [9.17, 15) is 13.2 Å². The highest BCUT2D eigenvalue weighted by Crippen LogP contribution is 2.24. The van der Waals surface area contributed by atoms with Crippen LogP contribution in [0.3, 0.4) is 0 Å². The van der Waals surface area contributed by atoms with Crippen molar-refractivity contribution >= 4 is 33.2 Å². The van der Waals surface area contributed by atoms with E-state index in [0.717, 1.165) is 52.1 Å². The number of rotatable bonds is 7. The van der Waals surface area contributed by atoms with Gasteiger partial charge < -0.3 is 9.64 Å². The monoisotopic (exact) mass is 491 g/mol. The van der Waals surface area contributed by atoms with Gasteiger partial charge >= 0.3 is 0 Å². The molecule has 2 heterocycles. The van der Waals surface area contributed by atoms with Gasteiger partial charge in [-0.3, -0.25) is 14.4 Å². The zero-order valence-corrected chi connectivity index (χ0v) is 20.2. The van der Waals surface area contributed by atoms with E-state index in [1.165, 1.54) is 18.2 Å². The Labute approximate surface area is 200 Å². The molecule has 0 aliphatic carbocycles. The minimum atomic E-state index is -3.84. The van der Waals surface area contributed by atoms with Crippen molar-refractivity contribution in [3.8, 4) is 0 Å². The lowest BCUT2D eigenvalue weighted by molar-refractivity contribution is 0.0332. The predicted molar refractivity (Wildman–Crippen MR) is 129 cm³/mol. The van der Waals surface area contributed by atoms with Gasteiger partial charge in [0.1, 0.15) is 0 Å². The van der Waals surface area contributed by atoms with E-state index in [2.05, 4.69) is 9.62 Å². The summed E-state index contributed by atoms with van der Waals surface area (Å²) >= 11 is 5.95. The van der Waals surface area contributed by atoms with Gasteiger partial charge in [-0.25, -0.2) is 8.42 Å². The number of sulfonamides is 1. The van der Waals surface area contributed by atoms with Crippen molar-refractivity contribution in [1.82, 2.24) is 9.80 Å². The molecule has 4 rings (SSSR count). The molecule has 2 fully saturated rings. The van der Waals surface area contributed by atoms with E-state index >= 15 is 0 Å². The van der Waals surface area contributed by atoms with Crippen LogP contribution in [0.5, 0.6) is 0 Å². The standard InChI is InChI=1S/C24H30ClN3O4S/c25-21-4-2-5-22(18-21)26-33(30,31)23-6-1-3-20(17-23)24(29)28-11-8-19(9-12-28)7-10-27-13-15-32-16-14-27/h1-6,17-19,26H,7-16H2. The first-order chi connectivity index (χ1) is 15.9. The molecule has 0 bridgehead atoms. The fourth-order valence-corrected chi connectivity index (χ4v) is 5.64. The summed E-state index contributed by atoms with van der Waals surface area (Å²) in [5.41, 5.74) is 0.758. The zero-order valence-electron chi connectivity index (χ0n) is 18.6. The van der Waals surface area contributed by atoms with Gasteiger partial charge in [0.2, 0.25) is 0 Å². The van der Waals surface area contributed by atoms with E-state index in [1.54, 1.807) is 30.3 Å². The molecule has 0 spiro atoms. The lowest BCUT2D eigenvalue weighted by Crippen LogP contribution is -2.40. The average Bonchev–Trinajstić information content (AvgIpc) is 2.83. The molecule has 178 valence electrons. The van der Waals surface area contributed by atoms with Crippen molar-refractivity contribution in [2.75, 3.05) is 50.7 Å². The Kier molecular flexibility index (Phi) is 7.90. The lowest BCUT2D eigenvalue weighted by Gasteiger charge is -2.34. The molecule has 2 aromatic rings. The number of morpholine rings is 1. The van der Waals surface area contributed by atoms with Gasteiger partial charge in [-0.2, -0.15) is 0 Å². The predicted octanol–water partition coefficient (Wildman–Crippen LogP) is 3.72. The molecule has 1 N–H and O–H groups in total. The van der Waals surface area contributed by atoms with Crippen LogP contribution < -0.4 is 4.72 Å². The Balaban J connectivity index is 1.34. The number of ether oxygens (including phenoxy) is 1. The van der Waals surface area contributed by atoms with Gasteiger partial charge in [0, 0.05) is 36.8 Å². The van der Waals surface area contributed by atoms with Crippen molar-refractivity contribution in [2.24, 2.45) is 5.92 Å². The summed E-state index contributed by atoms with van der Waals surface area (Å²) in [6.45, 7) is 6.12. The molecule has 0 unspecified atom stereocenters. The third-order valence-corrected chi connectivity index (χ3v) is 7.94. The summed E-state index contributed by atoms with van der Waals surface area (Å²) in [6.07, 6.45) is 3.10. The second-order valence-corrected chi connectivity index (χ2v) is 10.7. The Bertz CT molecular complexity index is 1060. The summed E-state index contributed by atoms with van der Waals surface area (Å²) in [5, 5.41) is 0.437. The SMILES string of the molecule is O=C(c1cccc(S(=O)(=O)Nc2cccc(Cl)c2)c1)N1CCC(CCN2CCOCC2)CC1. The van der Waals surface area contributed by atoms with E-state index in [-0.39, 0.29) is 10.8 Å². The molecule has 9 heteroatoms. The number of piperidine rings is 1. The lowest BCUT2D eigenvalue weighted by atomic mass is 9.93. The second kappa shape index (κ2) is 10.9. The number of likely N-dealkylation sites (tertiary alicyclic amines) is 1. The van der Waals surface area contributed by atoms with Gasteiger partial charge in [-0.05, 0) is 68.1 Å². The molecular weight excluding hydrogens is 462 g/mol.